The smallest absolute Gasteiger partial charge is 0.216 e. The average Bonchev–Trinajstić information content (AvgIpc) is 3.56. The molecule has 0 radical (unpaired) electrons. The zero-order valence-corrected chi connectivity index (χ0v) is 19.9. The summed E-state index contributed by atoms with van der Waals surface area (Å²) in [5.41, 5.74) is 3.75. The van der Waals surface area contributed by atoms with E-state index in [0.717, 1.165) is 36.0 Å². The minimum atomic E-state index is -0.336. The first-order chi connectivity index (χ1) is 15.9. The van der Waals surface area contributed by atoms with Crippen molar-refractivity contribution in [2.45, 2.75) is 52.9 Å². The summed E-state index contributed by atoms with van der Waals surface area (Å²) < 4.78 is 19.8. The first-order valence-electron chi connectivity index (χ1n) is 11.4. The highest BCUT2D eigenvalue weighted by molar-refractivity contribution is 5.81. The number of aromatic nitrogens is 2. The number of fused-ring (bicyclic) bond motifs is 1. The van der Waals surface area contributed by atoms with E-state index in [-0.39, 0.29) is 11.7 Å². The Morgan fingerprint density at radius 2 is 1.88 bits per heavy atom. The summed E-state index contributed by atoms with van der Waals surface area (Å²) >= 11 is 0. The summed E-state index contributed by atoms with van der Waals surface area (Å²) in [5, 5.41) is 2.39. The van der Waals surface area contributed by atoms with Crippen molar-refractivity contribution in [3.05, 3.63) is 47.8 Å². The van der Waals surface area contributed by atoms with Crippen LogP contribution in [0.5, 0.6) is 5.75 Å². The average molecular weight is 456 g/mol. The number of hydrogen-bond acceptors (Lipinski definition) is 4. The normalized spacial score (nSPS) is 12.2. The topological polar surface area (TPSA) is 84.1 Å². The highest BCUT2D eigenvalue weighted by Gasteiger charge is 2.22. The van der Waals surface area contributed by atoms with E-state index in [0.29, 0.717) is 30.2 Å². The molecule has 1 heterocycles. The third kappa shape index (κ3) is 8.67. The molecule has 2 N–H and O–H groups in total. The van der Waals surface area contributed by atoms with Crippen LogP contribution in [-0.2, 0) is 16.0 Å². The third-order valence-corrected chi connectivity index (χ3v) is 4.99. The second-order valence-corrected chi connectivity index (χ2v) is 7.97. The number of rotatable bonds is 7. The van der Waals surface area contributed by atoms with Gasteiger partial charge >= 0.3 is 0 Å². The van der Waals surface area contributed by atoms with Gasteiger partial charge in [-0.3, -0.25) is 4.79 Å². The van der Waals surface area contributed by atoms with Crippen LogP contribution in [0, 0.1) is 11.7 Å². The van der Waals surface area contributed by atoms with Gasteiger partial charge in [-0.25, -0.2) is 9.37 Å². The number of ether oxygens (including phenoxy) is 1. The highest BCUT2D eigenvalue weighted by Crippen LogP contribution is 2.31. The van der Waals surface area contributed by atoms with E-state index in [2.05, 4.69) is 46.5 Å². The maximum atomic E-state index is 14.2. The van der Waals surface area contributed by atoms with E-state index in [1.165, 1.54) is 31.4 Å². The number of aryl methyl sites for hydroxylation is 1. The Morgan fingerprint density at radius 3 is 2.39 bits per heavy atom. The van der Waals surface area contributed by atoms with Gasteiger partial charge in [0.05, 0.1) is 17.6 Å². The van der Waals surface area contributed by atoms with Crippen LogP contribution in [0.3, 0.4) is 0 Å². The molecule has 6 nitrogen and oxygen atoms in total. The first kappa shape index (κ1) is 26.0. The summed E-state index contributed by atoms with van der Waals surface area (Å²) in [5.74, 6) is 1.32. The second kappa shape index (κ2) is 13.4. The fourth-order valence-corrected chi connectivity index (χ4v) is 2.87. The molecule has 0 bridgehead atoms. The quantitative estimate of drug-likeness (QED) is 0.464. The molecule has 33 heavy (non-hydrogen) atoms. The Hall–Kier alpha value is -3.22. The molecule has 178 valence electrons. The lowest BCUT2D eigenvalue weighted by atomic mass is 10.1. The SMILES string of the molecule is CCC=O.CCCc1ccc(-c2nc3cc(OCC4CC4)c(F)cc3[nH]2)cc1.CNC(C)=O. The lowest BCUT2D eigenvalue weighted by molar-refractivity contribution is -0.118. The number of benzene rings is 2. The molecule has 1 aliphatic rings. The number of amides is 1. The molecule has 1 aromatic heterocycles. The number of carbonyl (C=O) groups excluding carboxylic acids is 2. The van der Waals surface area contributed by atoms with Crippen molar-refractivity contribution in [3.8, 4) is 17.1 Å². The van der Waals surface area contributed by atoms with Gasteiger partial charge < -0.3 is 19.8 Å². The lowest BCUT2D eigenvalue weighted by Crippen LogP contribution is -2.11. The summed E-state index contributed by atoms with van der Waals surface area (Å²) in [7, 11) is 1.60. The lowest BCUT2D eigenvalue weighted by Gasteiger charge is -2.05. The number of halogens is 1. The molecule has 0 spiro atoms. The highest BCUT2D eigenvalue weighted by atomic mass is 19.1. The van der Waals surface area contributed by atoms with Crippen LogP contribution in [0.2, 0.25) is 0 Å². The fourth-order valence-electron chi connectivity index (χ4n) is 2.87. The Bertz CT molecular complexity index is 1030. The van der Waals surface area contributed by atoms with Gasteiger partial charge in [-0.15, -0.1) is 0 Å². The van der Waals surface area contributed by atoms with Crippen LogP contribution in [0.25, 0.3) is 22.4 Å². The van der Waals surface area contributed by atoms with E-state index in [4.69, 9.17) is 4.74 Å². The molecule has 0 aliphatic heterocycles. The summed E-state index contributed by atoms with van der Waals surface area (Å²) in [6.07, 6.45) is 6.09. The van der Waals surface area contributed by atoms with Crippen LogP contribution in [0.15, 0.2) is 36.4 Å². The number of nitrogens with zero attached hydrogens (tertiary/aromatic N) is 1. The molecule has 0 saturated heterocycles. The number of imidazole rings is 1. The maximum absolute atomic E-state index is 14.2. The van der Waals surface area contributed by atoms with Crippen LogP contribution in [-0.4, -0.2) is 35.8 Å². The van der Waals surface area contributed by atoms with Gasteiger partial charge in [0, 0.05) is 38.1 Å². The molecule has 1 aliphatic carbocycles. The first-order valence-corrected chi connectivity index (χ1v) is 11.4. The van der Waals surface area contributed by atoms with Crippen molar-refractivity contribution in [2.75, 3.05) is 13.7 Å². The van der Waals surface area contributed by atoms with Crippen molar-refractivity contribution in [3.63, 3.8) is 0 Å². The molecule has 1 amide bonds. The van der Waals surface area contributed by atoms with Gasteiger partial charge in [0.15, 0.2) is 11.6 Å². The van der Waals surface area contributed by atoms with Crippen LogP contribution in [0.1, 0.15) is 52.0 Å². The predicted octanol–water partition coefficient (Wildman–Crippen LogP) is 5.46. The Balaban J connectivity index is 0.000000368. The molecule has 1 fully saturated rings. The largest absolute Gasteiger partial charge is 0.490 e. The van der Waals surface area contributed by atoms with Crippen molar-refractivity contribution >= 4 is 23.2 Å². The number of H-pyrrole nitrogens is 1. The van der Waals surface area contributed by atoms with Gasteiger partial charge in [-0.05, 0) is 30.7 Å². The van der Waals surface area contributed by atoms with E-state index in [1.807, 2.05) is 6.92 Å². The van der Waals surface area contributed by atoms with Gasteiger partial charge in [-0.1, -0.05) is 44.5 Å². The van der Waals surface area contributed by atoms with E-state index in [1.54, 1.807) is 13.1 Å². The third-order valence-electron chi connectivity index (χ3n) is 4.99. The number of aldehydes is 1. The van der Waals surface area contributed by atoms with Crippen LogP contribution < -0.4 is 10.1 Å². The Kier molecular flexibility index (Phi) is 10.5. The molecule has 2 aromatic carbocycles. The molecule has 1 saturated carbocycles. The minimum Gasteiger partial charge on any atom is -0.490 e. The summed E-state index contributed by atoms with van der Waals surface area (Å²) in [6, 6.07) is 11.5. The number of aromatic amines is 1. The van der Waals surface area contributed by atoms with E-state index < -0.39 is 0 Å². The molecule has 0 atom stereocenters. The van der Waals surface area contributed by atoms with Crippen LogP contribution >= 0.6 is 0 Å². The predicted molar refractivity (Wildman–Crippen MR) is 130 cm³/mol. The van der Waals surface area contributed by atoms with Crippen molar-refractivity contribution in [1.29, 1.82) is 0 Å². The van der Waals surface area contributed by atoms with Gasteiger partial charge in [0.1, 0.15) is 12.1 Å². The number of carbonyl (C=O) groups is 2. The van der Waals surface area contributed by atoms with Crippen molar-refractivity contribution < 1.29 is 18.7 Å². The van der Waals surface area contributed by atoms with Crippen molar-refractivity contribution in [2.24, 2.45) is 5.92 Å². The molecular formula is C26H34FN3O3. The Labute approximate surface area is 195 Å². The van der Waals surface area contributed by atoms with Gasteiger partial charge in [-0.2, -0.15) is 0 Å². The van der Waals surface area contributed by atoms with Crippen molar-refractivity contribution in [1.82, 2.24) is 15.3 Å². The van der Waals surface area contributed by atoms with E-state index in [9.17, 15) is 14.0 Å². The monoisotopic (exact) mass is 455 g/mol. The zero-order valence-electron chi connectivity index (χ0n) is 19.9. The molecule has 4 rings (SSSR count). The maximum Gasteiger partial charge on any atom is 0.216 e. The van der Waals surface area contributed by atoms with Crippen LogP contribution in [0.4, 0.5) is 4.39 Å². The molecule has 3 aromatic rings. The molecular weight excluding hydrogens is 421 g/mol. The number of hydrogen-bond donors (Lipinski definition) is 2. The van der Waals surface area contributed by atoms with Gasteiger partial charge in [0.2, 0.25) is 5.91 Å². The minimum absolute atomic E-state index is 0.00463. The molecule has 7 heteroatoms. The second-order valence-electron chi connectivity index (χ2n) is 7.97. The summed E-state index contributed by atoms with van der Waals surface area (Å²) in [4.78, 5) is 26.7. The fraction of sp³-hybridized carbons (Fsp3) is 0.423. The number of nitrogens with one attached hydrogen (secondary N) is 2. The molecule has 0 unspecified atom stereocenters. The Morgan fingerprint density at radius 1 is 1.24 bits per heavy atom. The van der Waals surface area contributed by atoms with Gasteiger partial charge in [0.25, 0.3) is 0 Å². The van der Waals surface area contributed by atoms with E-state index >= 15 is 0 Å². The summed E-state index contributed by atoms with van der Waals surface area (Å²) in [6.45, 7) is 6.05. The standard InChI is InChI=1S/C20H21FN2O.C3H7NO.C3H6O/c1-2-3-13-6-8-15(9-7-13)20-22-17-10-16(21)19(11-18(17)23-20)24-12-14-4-5-14;1-3(5)4-2;1-2-3-4/h6-11,14H,2-5,12H2,1H3,(H,22,23);1-2H3,(H,4,5);3H,2H2,1H3. The zero-order chi connectivity index (χ0) is 24.2.